The van der Waals surface area contributed by atoms with Crippen LogP contribution >= 0.6 is 0 Å². The van der Waals surface area contributed by atoms with Crippen LogP contribution in [0.3, 0.4) is 0 Å². The Morgan fingerprint density at radius 2 is 2.00 bits per heavy atom. The van der Waals surface area contributed by atoms with E-state index in [0.717, 1.165) is 56.9 Å². The number of ether oxygens (including phenoxy) is 1. The molecule has 100 valence electrons. The molecule has 1 aromatic rings. The summed E-state index contributed by atoms with van der Waals surface area (Å²) in [6.07, 6.45) is 0. The molecule has 0 saturated carbocycles. The van der Waals surface area contributed by atoms with E-state index in [-0.39, 0.29) is 0 Å². The summed E-state index contributed by atoms with van der Waals surface area (Å²) in [6, 6.07) is 1.92. The molecule has 1 aliphatic heterocycles. The summed E-state index contributed by atoms with van der Waals surface area (Å²) in [6.45, 7) is 7.53. The summed E-state index contributed by atoms with van der Waals surface area (Å²) < 4.78 is 5.32. The molecule has 1 fully saturated rings. The zero-order valence-electron chi connectivity index (χ0n) is 11.1. The lowest BCUT2D eigenvalue weighted by atomic mass is 10.4. The molecule has 18 heavy (non-hydrogen) atoms. The molecule has 0 aliphatic carbocycles. The maximum atomic E-state index is 5.32. The minimum atomic E-state index is 0.774. The third kappa shape index (κ3) is 3.82. The molecule has 6 nitrogen and oxygen atoms in total. The van der Waals surface area contributed by atoms with Crippen LogP contribution in [0.4, 0.5) is 11.6 Å². The lowest BCUT2D eigenvalue weighted by Crippen LogP contribution is -2.39. The lowest BCUT2D eigenvalue weighted by Gasteiger charge is -2.26. The first-order valence-corrected chi connectivity index (χ1v) is 6.35. The van der Waals surface area contributed by atoms with Crippen LogP contribution in [0.1, 0.15) is 5.82 Å². The number of aromatic nitrogens is 2. The lowest BCUT2D eigenvalue weighted by molar-refractivity contribution is 0.0398. The Kier molecular flexibility index (Phi) is 4.72. The highest BCUT2D eigenvalue weighted by Gasteiger charge is 2.09. The predicted molar refractivity (Wildman–Crippen MR) is 72.1 cm³/mol. The van der Waals surface area contributed by atoms with E-state index in [1.54, 1.807) is 0 Å². The van der Waals surface area contributed by atoms with Crippen LogP contribution in [-0.2, 0) is 4.74 Å². The quantitative estimate of drug-likeness (QED) is 0.798. The van der Waals surface area contributed by atoms with Crippen LogP contribution in [0.25, 0.3) is 0 Å². The highest BCUT2D eigenvalue weighted by atomic mass is 16.5. The number of nitrogens with zero attached hydrogens (tertiary/aromatic N) is 3. The second kappa shape index (κ2) is 6.51. The van der Waals surface area contributed by atoms with Gasteiger partial charge in [0.1, 0.15) is 17.5 Å². The molecule has 1 aromatic heterocycles. The number of hydrogen-bond acceptors (Lipinski definition) is 6. The Labute approximate surface area is 108 Å². The van der Waals surface area contributed by atoms with Gasteiger partial charge in [-0.1, -0.05) is 0 Å². The summed E-state index contributed by atoms with van der Waals surface area (Å²) in [7, 11) is 1.86. The van der Waals surface area contributed by atoms with Crippen molar-refractivity contribution in [2.45, 2.75) is 6.92 Å². The topological polar surface area (TPSA) is 62.3 Å². The molecular weight excluding hydrogens is 230 g/mol. The Morgan fingerprint density at radius 3 is 2.72 bits per heavy atom. The molecule has 0 radical (unpaired) electrons. The molecule has 0 bridgehead atoms. The van der Waals surface area contributed by atoms with Gasteiger partial charge in [0, 0.05) is 39.3 Å². The van der Waals surface area contributed by atoms with Crippen molar-refractivity contribution >= 4 is 11.6 Å². The second-order valence-electron chi connectivity index (χ2n) is 4.32. The molecule has 6 heteroatoms. The van der Waals surface area contributed by atoms with Crippen LogP contribution in [0.5, 0.6) is 0 Å². The van der Waals surface area contributed by atoms with Crippen molar-refractivity contribution in [3.8, 4) is 0 Å². The van der Waals surface area contributed by atoms with Crippen molar-refractivity contribution in [1.29, 1.82) is 0 Å². The number of aryl methyl sites for hydroxylation is 1. The third-order valence-electron chi connectivity index (χ3n) is 2.93. The predicted octanol–water partition coefficient (Wildman–Crippen LogP) is 0.571. The molecule has 2 N–H and O–H groups in total. The highest BCUT2D eigenvalue weighted by molar-refractivity contribution is 5.47. The van der Waals surface area contributed by atoms with Gasteiger partial charge in [-0.2, -0.15) is 0 Å². The van der Waals surface area contributed by atoms with Gasteiger partial charge in [0.05, 0.1) is 13.2 Å². The van der Waals surface area contributed by atoms with Crippen molar-refractivity contribution in [3.05, 3.63) is 11.9 Å². The van der Waals surface area contributed by atoms with E-state index in [1.165, 1.54) is 0 Å². The number of hydrogen-bond donors (Lipinski definition) is 2. The van der Waals surface area contributed by atoms with Gasteiger partial charge in [0.25, 0.3) is 0 Å². The van der Waals surface area contributed by atoms with Crippen LogP contribution in [0, 0.1) is 6.92 Å². The third-order valence-corrected chi connectivity index (χ3v) is 2.93. The van der Waals surface area contributed by atoms with E-state index in [4.69, 9.17) is 4.74 Å². The number of rotatable bonds is 5. The minimum absolute atomic E-state index is 0.774. The molecule has 0 amide bonds. The van der Waals surface area contributed by atoms with Crippen LogP contribution in [0.2, 0.25) is 0 Å². The van der Waals surface area contributed by atoms with Gasteiger partial charge in [-0.3, -0.25) is 4.90 Å². The molecule has 1 aliphatic rings. The number of anilines is 2. The van der Waals surface area contributed by atoms with Gasteiger partial charge in [0.2, 0.25) is 0 Å². The summed E-state index contributed by atoms with van der Waals surface area (Å²) in [5.41, 5.74) is 0. The number of morpholine rings is 1. The zero-order chi connectivity index (χ0) is 12.8. The van der Waals surface area contributed by atoms with Crippen LogP contribution in [0.15, 0.2) is 6.07 Å². The average Bonchev–Trinajstić information content (AvgIpc) is 2.39. The largest absolute Gasteiger partial charge is 0.379 e. The molecule has 2 rings (SSSR count). The Bertz CT molecular complexity index is 379. The average molecular weight is 251 g/mol. The Balaban J connectivity index is 1.80. The van der Waals surface area contributed by atoms with Crippen molar-refractivity contribution in [3.63, 3.8) is 0 Å². The maximum Gasteiger partial charge on any atom is 0.131 e. The van der Waals surface area contributed by atoms with E-state index in [9.17, 15) is 0 Å². The molecule has 1 saturated heterocycles. The smallest absolute Gasteiger partial charge is 0.131 e. The van der Waals surface area contributed by atoms with Gasteiger partial charge in [-0.25, -0.2) is 9.97 Å². The maximum absolute atomic E-state index is 5.32. The Morgan fingerprint density at radius 1 is 1.28 bits per heavy atom. The van der Waals surface area contributed by atoms with E-state index in [0.29, 0.717) is 0 Å². The molecule has 0 atom stereocenters. The summed E-state index contributed by atoms with van der Waals surface area (Å²) in [5.74, 6) is 2.49. The van der Waals surface area contributed by atoms with Gasteiger partial charge in [-0.15, -0.1) is 0 Å². The first kappa shape index (κ1) is 13.0. The Hall–Kier alpha value is -1.40. The molecule has 2 heterocycles. The van der Waals surface area contributed by atoms with Crippen molar-refractivity contribution in [2.24, 2.45) is 0 Å². The first-order valence-electron chi connectivity index (χ1n) is 6.35. The fourth-order valence-corrected chi connectivity index (χ4v) is 1.95. The highest BCUT2D eigenvalue weighted by Crippen LogP contribution is 2.09. The summed E-state index contributed by atoms with van der Waals surface area (Å²) in [4.78, 5) is 11.0. The SMILES string of the molecule is CNc1cc(NCCN2CCOCC2)nc(C)n1. The van der Waals surface area contributed by atoms with E-state index in [2.05, 4.69) is 25.5 Å². The zero-order valence-corrected chi connectivity index (χ0v) is 11.1. The van der Waals surface area contributed by atoms with Gasteiger partial charge in [-0.05, 0) is 6.92 Å². The monoisotopic (exact) mass is 251 g/mol. The standard InChI is InChI=1S/C12H21N5O/c1-10-15-11(13-2)9-12(16-10)14-3-4-17-5-7-18-8-6-17/h9H,3-8H2,1-2H3,(H2,13,14,15,16). The first-order chi connectivity index (χ1) is 8.78. The van der Waals surface area contributed by atoms with Crippen LogP contribution in [-0.4, -0.2) is 61.3 Å². The fourth-order valence-electron chi connectivity index (χ4n) is 1.95. The summed E-state index contributed by atoms with van der Waals surface area (Å²) in [5, 5.41) is 6.36. The van der Waals surface area contributed by atoms with Gasteiger partial charge in [0.15, 0.2) is 0 Å². The van der Waals surface area contributed by atoms with E-state index in [1.807, 2.05) is 20.0 Å². The molecule has 0 unspecified atom stereocenters. The molecular formula is C12H21N5O. The number of nitrogens with one attached hydrogen (secondary N) is 2. The van der Waals surface area contributed by atoms with Crippen molar-refractivity contribution < 1.29 is 4.74 Å². The van der Waals surface area contributed by atoms with Gasteiger partial charge < -0.3 is 15.4 Å². The van der Waals surface area contributed by atoms with Crippen LogP contribution < -0.4 is 10.6 Å². The normalized spacial score (nSPS) is 16.6. The second-order valence-corrected chi connectivity index (χ2v) is 4.32. The van der Waals surface area contributed by atoms with E-state index >= 15 is 0 Å². The minimum Gasteiger partial charge on any atom is -0.379 e. The van der Waals surface area contributed by atoms with Crippen molar-refractivity contribution in [2.75, 3.05) is 57.1 Å². The van der Waals surface area contributed by atoms with Gasteiger partial charge >= 0.3 is 0 Å². The van der Waals surface area contributed by atoms with Crippen molar-refractivity contribution in [1.82, 2.24) is 14.9 Å². The fraction of sp³-hybridized carbons (Fsp3) is 0.667. The van der Waals surface area contributed by atoms with E-state index < -0.39 is 0 Å². The molecule has 0 aromatic carbocycles. The molecule has 0 spiro atoms. The summed E-state index contributed by atoms with van der Waals surface area (Å²) >= 11 is 0.